The van der Waals surface area contributed by atoms with Gasteiger partial charge in [0.1, 0.15) is 0 Å². The Kier molecular flexibility index (Phi) is 2.67. The van der Waals surface area contributed by atoms with E-state index in [1.54, 1.807) is 0 Å². The molecule has 0 radical (unpaired) electrons. The summed E-state index contributed by atoms with van der Waals surface area (Å²) in [4.78, 5) is 0. The molecule has 0 fully saturated rings. The van der Waals surface area contributed by atoms with Crippen LogP contribution in [0, 0.1) is 0 Å². The maximum absolute atomic E-state index is 10.3. The van der Waals surface area contributed by atoms with Crippen molar-refractivity contribution < 1.29 is 8.95 Å². The second-order valence-corrected chi connectivity index (χ2v) is 2.39. The molecule has 42 valence electrons. The lowest BCUT2D eigenvalue weighted by atomic mass is 11.1. The molecule has 1 atom stereocenters. The third kappa shape index (κ3) is 2.39. The predicted molar refractivity (Wildman–Crippen MR) is 30.2 cm³/mol. The minimum Gasteiger partial charge on any atom is -0.489 e. The Morgan fingerprint density at radius 3 is 2.29 bits per heavy atom. The number of hydrogen-bond acceptors (Lipinski definition) is 2. The van der Waals surface area contributed by atoms with Gasteiger partial charge < -0.3 is 4.74 Å². The van der Waals surface area contributed by atoms with Crippen molar-refractivity contribution in [1.29, 1.82) is 0 Å². The fourth-order valence-electron chi connectivity index (χ4n) is 0.117. The van der Waals surface area contributed by atoms with Crippen LogP contribution in [-0.4, -0.2) is 17.6 Å². The lowest BCUT2D eigenvalue weighted by molar-refractivity contribution is 0.323. The zero-order valence-corrected chi connectivity index (χ0v) is 5.25. The van der Waals surface area contributed by atoms with E-state index in [-0.39, 0.29) is 0 Å². The van der Waals surface area contributed by atoms with Gasteiger partial charge in [0.05, 0.1) is 17.9 Å². The molecule has 0 heterocycles. The quantitative estimate of drug-likeness (QED) is 0.495. The van der Waals surface area contributed by atoms with Gasteiger partial charge in [0.15, 0.2) is 5.09 Å². The molecule has 0 aliphatic rings. The number of hydrogen-bond donors (Lipinski definition) is 0. The molecule has 0 bridgehead atoms. The van der Waals surface area contributed by atoms with Crippen LogP contribution in [0.2, 0.25) is 0 Å². The van der Waals surface area contributed by atoms with Gasteiger partial charge in [-0.05, 0) is 6.58 Å². The van der Waals surface area contributed by atoms with Crippen LogP contribution in [-0.2, 0) is 15.5 Å². The Labute approximate surface area is 45.6 Å². The molecular formula is C4H8O2S. The minimum atomic E-state index is -1.03. The third-order valence-electron chi connectivity index (χ3n) is 0.548. The van der Waals surface area contributed by atoms with Crippen LogP contribution >= 0.6 is 0 Å². The largest absolute Gasteiger partial charge is 0.489 e. The Balaban J connectivity index is 3.58. The maximum Gasteiger partial charge on any atom is 0.175 e. The minimum absolute atomic E-state index is 0.319. The van der Waals surface area contributed by atoms with Crippen molar-refractivity contribution in [3.8, 4) is 0 Å². The Hall–Kier alpha value is -0.310. The first kappa shape index (κ1) is 6.69. The third-order valence-corrected chi connectivity index (χ3v) is 1.36. The molecule has 0 saturated heterocycles. The van der Waals surface area contributed by atoms with E-state index in [0.717, 1.165) is 0 Å². The summed E-state index contributed by atoms with van der Waals surface area (Å²) in [5, 5.41) is 0.319. The van der Waals surface area contributed by atoms with E-state index in [9.17, 15) is 4.21 Å². The summed E-state index contributed by atoms with van der Waals surface area (Å²) in [5.41, 5.74) is 0. The first-order valence-corrected chi connectivity index (χ1v) is 3.30. The van der Waals surface area contributed by atoms with Crippen LogP contribution in [0.15, 0.2) is 11.7 Å². The van der Waals surface area contributed by atoms with E-state index >= 15 is 0 Å². The Morgan fingerprint density at radius 1 is 1.86 bits per heavy atom. The summed E-state index contributed by atoms with van der Waals surface area (Å²) in [6.45, 7) is 3.35. The van der Waals surface area contributed by atoms with Gasteiger partial charge in [-0.2, -0.15) is 0 Å². The average molecular weight is 120 g/mol. The SMILES string of the molecule is C=C(OC)S(C)=O. The molecule has 0 rings (SSSR count). The zero-order valence-electron chi connectivity index (χ0n) is 4.43. The van der Waals surface area contributed by atoms with Gasteiger partial charge >= 0.3 is 0 Å². The van der Waals surface area contributed by atoms with Crippen molar-refractivity contribution in [1.82, 2.24) is 0 Å². The highest BCUT2D eigenvalue weighted by Gasteiger charge is 1.91. The standard InChI is InChI=1S/C4H8O2S/c1-4(6-2)7(3)5/h1H2,2-3H3. The number of methoxy groups -OCH3 is 1. The molecule has 0 aliphatic heterocycles. The van der Waals surface area contributed by atoms with Crippen LogP contribution in [0.4, 0.5) is 0 Å². The lowest BCUT2D eigenvalue weighted by Gasteiger charge is -1.94. The highest BCUT2D eigenvalue weighted by atomic mass is 32.2. The van der Waals surface area contributed by atoms with Crippen molar-refractivity contribution in [2.75, 3.05) is 13.4 Å². The van der Waals surface area contributed by atoms with E-state index in [1.165, 1.54) is 13.4 Å². The topological polar surface area (TPSA) is 26.3 Å². The first-order chi connectivity index (χ1) is 3.18. The second-order valence-electron chi connectivity index (χ2n) is 1.03. The molecule has 0 aromatic carbocycles. The fourth-order valence-corrected chi connectivity index (χ4v) is 0.352. The molecule has 3 heteroatoms. The summed E-state index contributed by atoms with van der Waals surface area (Å²) in [5.74, 6) is 0. The van der Waals surface area contributed by atoms with Crippen LogP contribution in [0.3, 0.4) is 0 Å². The molecule has 0 saturated carbocycles. The molecule has 1 unspecified atom stereocenters. The lowest BCUT2D eigenvalue weighted by Crippen LogP contribution is -1.90. The van der Waals surface area contributed by atoms with E-state index < -0.39 is 10.8 Å². The van der Waals surface area contributed by atoms with Crippen molar-refractivity contribution >= 4 is 10.8 Å². The summed E-state index contributed by atoms with van der Waals surface area (Å²) < 4.78 is 14.8. The summed E-state index contributed by atoms with van der Waals surface area (Å²) in [7, 11) is 0.421. The first-order valence-electron chi connectivity index (χ1n) is 1.74. The molecular weight excluding hydrogens is 112 g/mol. The monoisotopic (exact) mass is 120 g/mol. The normalized spacial score (nSPS) is 12.9. The highest BCUT2D eigenvalue weighted by Crippen LogP contribution is 1.92. The van der Waals surface area contributed by atoms with E-state index in [1.807, 2.05) is 0 Å². The van der Waals surface area contributed by atoms with Gasteiger partial charge in [0, 0.05) is 6.26 Å². The molecule has 0 spiro atoms. The highest BCUT2D eigenvalue weighted by molar-refractivity contribution is 7.88. The zero-order chi connectivity index (χ0) is 5.86. The molecule has 7 heavy (non-hydrogen) atoms. The van der Waals surface area contributed by atoms with Gasteiger partial charge in [0.25, 0.3) is 0 Å². The smallest absolute Gasteiger partial charge is 0.175 e. The van der Waals surface area contributed by atoms with Crippen molar-refractivity contribution in [2.45, 2.75) is 0 Å². The van der Waals surface area contributed by atoms with Crippen LogP contribution in [0.5, 0.6) is 0 Å². The van der Waals surface area contributed by atoms with Gasteiger partial charge in [-0.15, -0.1) is 0 Å². The van der Waals surface area contributed by atoms with Crippen LogP contribution in [0.1, 0.15) is 0 Å². The molecule has 0 aromatic heterocycles. The molecule has 0 aliphatic carbocycles. The Bertz CT molecular complexity index is 97.9. The molecule has 0 amide bonds. The summed E-state index contributed by atoms with van der Waals surface area (Å²) in [6.07, 6.45) is 1.52. The van der Waals surface area contributed by atoms with Gasteiger partial charge in [-0.1, -0.05) is 0 Å². The van der Waals surface area contributed by atoms with Crippen LogP contribution in [0.25, 0.3) is 0 Å². The van der Waals surface area contributed by atoms with Crippen molar-refractivity contribution in [3.05, 3.63) is 11.7 Å². The van der Waals surface area contributed by atoms with Crippen molar-refractivity contribution in [3.63, 3.8) is 0 Å². The van der Waals surface area contributed by atoms with Gasteiger partial charge in [0.2, 0.25) is 0 Å². The number of ether oxygens (including phenoxy) is 1. The Morgan fingerprint density at radius 2 is 2.29 bits per heavy atom. The van der Waals surface area contributed by atoms with Gasteiger partial charge in [-0.25, -0.2) is 0 Å². The summed E-state index contributed by atoms with van der Waals surface area (Å²) >= 11 is 0. The van der Waals surface area contributed by atoms with E-state index in [0.29, 0.717) is 5.09 Å². The molecule has 2 nitrogen and oxygen atoms in total. The van der Waals surface area contributed by atoms with Crippen LogP contribution < -0.4 is 0 Å². The number of rotatable bonds is 2. The van der Waals surface area contributed by atoms with E-state index in [4.69, 9.17) is 0 Å². The van der Waals surface area contributed by atoms with Gasteiger partial charge in [-0.3, -0.25) is 4.21 Å². The average Bonchev–Trinajstić information content (AvgIpc) is 1.65. The maximum atomic E-state index is 10.3. The summed E-state index contributed by atoms with van der Waals surface area (Å²) in [6, 6.07) is 0. The molecule has 0 N–H and O–H groups in total. The molecule has 0 aromatic rings. The second kappa shape index (κ2) is 2.80. The van der Waals surface area contributed by atoms with Crippen molar-refractivity contribution in [2.24, 2.45) is 0 Å². The van der Waals surface area contributed by atoms with E-state index in [2.05, 4.69) is 11.3 Å². The fraction of sp³-hybridized carbons (Fsp3) is 0.500. The predicted octanol–water partition coefficient (Wildman–Crippen LogP) is 0.482.